The largest absolute Gasteiger partial charge is 0.367 e. The molecule has 2 aliphatic heterocycles. The summed E-state index contributed by atoms with van der Waals surface area (Å²) >= 11 is 6.18. The van der Waals surface area contributed by atoms with Crippen molar-refractivity contribution in [3.8, 4) is 0 Å². The predicted molar refractivity (Wildman–Crippen MR) is 115 cm³/mol. The average Bonchev–Trinajstić information content (AvgIpc) is 2.69. The van der Waals surface area contributed by atoms with Gasteiger partial charge in [0.05, 0.1) is 11.4 Å². The van der Waals surface area contributed by atoms with Crippen LogP contribution in [0.5, 0.6) is 0 Å². The van der Waals surface area contributed by atoms with E-state index in [0.29, 0.717) is 0 Å². The number of nitrogens with zero attached hydrogens (tertiary/aromatic N) is 4. The van der Waals surface area contributed by atoms with Crippen LogP contribution < -0.4 is 9.80 Å². The minimum absolute atomic E-state index is 0.812. The van der Waals surface area contributed by atoms with E-state index in [4.69, 9.17) is 11.6 Å². The van der Waals surface area contributed by atoms with E-state index in [9.17, 15) is 0 Å². The fraction of sp³-hybridized carbons (Fsp3) is 0.455. The van der Waals surface area contributed by atoms with Crippen LogP contribution in [0.3, 0.4) is 0 Å². The Morgan fingerprint density at radius 3 is 2.22 bits per heavy atom. The van der Waals surface area contributed by atoms with Crippen molar-refractivity contribution in [1.82, 2.24) is 9.80 Å². The van der Waals surface area contributed by atoms with Gasteiger partial charge in [-0.15, -0.1) is 0 Å². The van der Waals surface area contributed by atoms with Gasteiger partial charge >= 0.3 is 0 Å². The molecule has 0 unspecified atom stereocenters. The first-order valence-electron chi connectivity index (χ1n) is 9.93. The van der Waals surface area contributed by atoms with Crippen LogP contribution in [0.4, 0.5) is 11.4 Å². The average molecular weight is 385 g/mol. The van der Waals surface area contributed by atoms with Crippen molar-refractivity contribution in [3.05, 3.63) is 59.1 Å². The second-order valence-electron chi connectivity index (χ2n) is 7.67. The molecule has 0 saturated carbocycles. The Kier molecular flexibility index (Phi) is 5.86. The monoisotopic (exact) mass is 384 g/mol. The van der Waals surface area contributed by atoms with Crippen LogP contribution in [0.2, 0.25) is 5.02 Å². The lowest BCUT2D eigenvalue weighted by molar-refractivity contribution is 0.157. The Morgan fingerprint density at radius 1 is 0.778 bits per heavy atom. The topological polar surface area (TPSA) is 13.0 Å². The minimum Gasteiger partial charge on any atom is -0.367 e. The maximum Gasteiger partial charge on any atom is 0.0607 e. The highest BCUT2D eigenvalue weighted by molar-refractivity contribution is 6.30. The summed E-state index contributed by atoms with van der Waals surface area (Å²) in [6.07, 6.45) is 0. The number of anilines is 2. The van der Waals surface area contributed by atoms with Gasteiger partial charge in [0, 0.05) is 63.9 Å². The molecule has 0 aliphatic carbocycles. The Hall–Kier alpha value is -1.75. The Labute approximate surface area is 167 Å². The number of hydrogen-bond acceptors (Lipinski definition) is 4. The number of rotatable bonds is 5. The van der Waals surface area contributed by atoms with E-state index in [1.807, 2.05) is 12.1 Å². The summed E-state index contributed by atoms with van der Waals surface area (Å²) in [7, 11) is 2.22. The standard InChI is InChI=1S/C22H29ClN4/c1-24-9-11-25(12-10-24)13-14-26-15-16-27(22-8-3-2-7-21(22)26)18-19-5-4-6-20(23)17-19/h2-8,17H,9-16,18H2,1H3. The summed E-state index contributed by atoms with van der Waals surface area (Å²) in [4.78, 5) is 10.1. The number of piperazine rings is 1. The SMILES string of the molecule is CN1CCN(CCN2CCN(Cc3cccc(Cl)c3)c3ccccc32)CC1. The van der Waals surface area contributed by atoms with Gasteiger partial charge in [0.15, 0.2) is 0 Å². The van der Waals surface area contributed by atoms with Crippen molar-refractivity contribution in [3.63, 3.8) is 0 Å². The van der Waals surface area contributed by atoms with Crippen LogP contribution in [0.25, 0.3) is 0 Å². The van der Waals surface area contributed by atoms with Crippen molar-refractivity contribution < 1.29 is 0 Å². The quantitative estimate of drug-likeness (QED) is 0.783. The van der Waals surface area contributed by atoms with Crippen LogP contribution in [-0.4, -0.2) is 69.2 Å². The maximum absolute atomic E-state index is 6.18. The van der Waals surface area contributed by atoms with Crippen molar-refractivity contribution >= 4 is 23.0 Å². The van der Waals surface area contributed by atoms with Gasteiger partial charge in [-0.1, -0.05) is 35.9 Å². The Morgan fingerprint density at radius 2 is 1.48 bits per heavy atom. The van der Waals surface area contributed by atoms with Crippen molar-refractivity contribution in [2.75, 3.05) is 69.2 Å². The first-order valence-corrected chi connectivity index (χ1v) is 10.3. The van der Waals surface area contributed by atoms with Crippen molar-refractivity contribution in [2.24, 2.45) is 0 Å². The molecule has 2 aromatic rings. The highest BCUT2D eigenvalue weighted by Crippen LogP contribution is 2.33. The van der Waals surface area contributed by atoms with Crippen LogP contribution in [0, 0.1) is 0 Å². The Balaban J connectivity index is 1.43. The third kappa shape index (κ3) is 4.57. The van der Waals surface area contributed by atoms with Gasteiger partial charge in [-0.25, -0.2) is 0 Å². The van der Waals surface area contributed by atoms with E-state index >= 15 is 0 Å². The summed E-state index contributed by atoms with van der Waals surface area (Å²) < 4.78 is 0. The molecule has 2 aliphatic rings. The third-order valence-electron chi connectivity index (χ3n) is 5.75. The number of para-hydroxylation sites is 2. The molecule has 0 N–H and O–H groups in total. The first kappa shape index (κ1) is 18.6. The number of benzene rings is 2. The molecule has 0 amide bonds. The van der Waals surface area contributed by atoms with Crippen molar-refractivity contribution in [2.45, 2.75) is 6.54 Å². The molecule has 0 radical (unpaired) electrons. The summed E-state index contributed by atoms with van der Waals surface area (Å²) in [5, 5.41) is 0.812. The lowest BCUT2D eigenvalue weighted by Crippen LogP contribution is -2.48. The lowest BCUT2D eigenvalue weighted by Gasteiger charge is -2.40. The summed E-state index contributed by atoms with van der Waals surface area (Å²) in [5.41, 5.74) is 3.96. The molecular formula is C22H29ClN4. The molecular weight excluding hydrogens is 356 g/mol. The molecule has 2 heterocycles. The van der Waals surface area contributed by atoms with Crippen LogP contribution >= 0.6 is 11.6 Å². The molecule has 27 heavy (non-hydrogen) atoms. The van der Waals surface area contributed by atoms with Crippen LogP contribution in [-0.2, 0) is 6.54 Å². The first-order chi connectivity index (χ1) is 13.2. The number of fused-ring (bicyclic) bond motifs is 1. The molecule has 4 nitrogen and oxygen atoms in total. The van der Waals surface area contributed by atoms with Gasteiger partial charge in [0.1, 0.15) is 0 Å². The molecule has 0 spiro atoms. The minimum atomic E-state index is 0.812. The molecule has 4 rings (SSSR count). The van der Waals surface area contributed by atoms with E-state index in [-0.39, 0.29) is 0 Å². The molecule has 0 atom stereocenters. The van der Waals surface area contributed by atoms with Crippen LogP contribution in [0.15, 0.2) is 48.5 Å². The number of halogens is 1. The Bertz CT molecular complexity index is 757. The van der Waals surface area contributed by atoms with Gasteiger partial charge in [-0.3, -0.25) is 4.90 Å². The molecule has 2 aromatic carbocycles. The number of hydrogen-bond donors (Lipinski definition) is 0. The normalized spacial score (nSPS) is 18.6. The maximum atomic E-state index is 6.18. The molecule has 5 heteroatoms. The van der Waals surface area contributed by atoms with Gasteiger partial charge < -0.3 is 14.7 Å². The van der Waals surface area contributed by atoms with Gasteiger partial charge in [0.2, 0.25) is 0 Å². The highest BCUT2D eigenvalue weighted by Gasteiger charge is 2.23. The van der Waals surface area contributed by atoms with E-state index in [1.165, 1.54) is 43.1 Å². The zero-order chi connectivity index (χ0) is 18.6. The molecule has 1 fully saturated rings. The molecule has 0 aromatic heterocycles. The summed E-state index contributed by atoms with van der Waals surface area (Å²) in [6, 6.07) is 17.0. The highest BCUT2D eigenvalue weighted by atomic mass is 35.5. The summed E-state index contributed by atoms with van der Waals surface area (Å²) in [5.74, 6) is 0. The molecule has 0 bridgehead atoms. The number of likely N-dealkylation sites (N-methyl/N-ethyl adjacent to an activating group) is 1. The molecule has 144 valence electrons. The van der Waals surface area contributed by atoms with E-state index in [2.05, 4.69) is 63.0 Å². The fourth-order valence-corrected chi connectivity index (χ4v) is 4.28. The lowest BCUT2D eigenvalue weighted by atomic mass is 10.1. The third-order valence-corrected chi connectivity index (χ3v) is 5.98. The fourth-order valence-electron chi connectivity index (χ4n) is 4.07. The zero-order valence-electron chi connectivity index (χ0n) is 16.1. The van der Waals surface area contributed by atoms with Gasteiger partial charge in [-0.2, -0.15) is 0 Å². The predicted octanol–water partition coefficient (Wildman–Crippen LogP) is 3.41. The van der Waals surface area contributed by atoms with Crippen molar-refractivity contribution in [1.29, 1.82) is 0 Å². The van der Waals surface area contributed by atoms with Gasteiger partial charge in [-0.05, 0) is 36.9 Å². The smallest absolute Gasteiger partial charge is 0.0607 e. The van der Waals surface area contributed by atoms with E-state index in [0.717, 1.165) is 37.7 Å². The second kappa shape index (κ2) is 8.51. The zero-order valence-corrected chi connectivity index (χ0v) is 16.9. The van der Waals surface area contributed by atoms with Gasteiger partial charge in [0.25, 0.3) is 0 Å². The summed E-state index contributed by atoms with van der Waals surface area (Å²) in [6.45, 7) is 10.0. The van der Waals surface area contributed by atoms with Crippen LogP contribution in [0.1, 0.15) is 5.56 Å². The van der Waals surface area contributed by atoms with E-state index < -0.39 is 0 Å². The molecule has 1 saturated heterocycles. The second-order valence-corrected chi connectivity index (χ2v) is 8.11. The van der Waals surface area contributed by atoms with E-state index in [1.54, 1.807) is 0 Å².